The predicted octanol–water partition coefficient (Wildman–Crippen LogP) is 3.12. The Morgan fingerprint density at radius 1 is 1.04 bits per heavy atom. The van der Waals surface area contributed by atoms with Crippen LogP contribution in [0.2, 0.25) is 0 Å². The lowest BCUT2D eigenvalue weighted by Crippen LogP contribution is -2.42. The summed E-state index contributed by atoms with van der Waals surface area (Å²) in [6.07, 6.45) is 4.20. The average Bonchev–Trinajstić information content (AvgIpc) is 2.64. The number of nitrogens with one attached hydrogen (secondary N) is 1. The van der Waals surface area contributed by atoms with Crippen molar-refractivity contribution in [3.63, 3.8) is 0 Å². The summed E-state index contributed by atoms with van der Waals surface area (Å²) in [6, 6.07) is 13.7. The van der Waals surface area contributed by atoms with E-state index >= 15 is 0 Å². The summed E-state index contributed by atoms with van der Waals surface area (Å²) in [5.74, 6) is 0.604. The third-order valence-corrected chi connectivity index (χ3v) is 4.45. The summed E-state index contributed by atoms with van der Waals surface area (Å²) in [5.41, 5.74) is 2.19. The largest absolute Gasteiger partial charge is 0.334 e. The average molecular weight is 357 g/mol. The first kappa shape index (κ1) is 19.0. The molecular formula is C19H23N3O2S. The van der Waals surface area contributed by atoms with E-state index in [-0.39, 0.29) is 11.1 Å². The van der Waals surface area contributed by atoms with Gasteiger partial charge in [-0.2, -0.15) is 0 Å². The zero-order chi connectivity index (χ0) is 17.9. The first-order valence-corrected chi connectivity index (χ1v) is 9.22. The quantitative estimate of drug-likeness (QED) is 0.788. The van der Waals surface area contributed by atoms with Crippen LogP contribution in [0.15, 0.2) is 54.9 Å². The molecule has 0 fully saturated rings. The number of carbonyl (C=O) groups is 2. The molecule has 2 rings (SSSR count). The molecule has 1 aromatic heterocycles. The first-order chi connectivity index (χ1) is 12.1. The van der Waals surface area contributed by atoms with Crippen molar-refractivity contribution < 1.29 is 9.59 Å². The van der Waals surface area contributed by atoms with E-state index in [9.17, 15) is 9.59 Å². The normalized spacial score (nSPS) is 10.3. The fourth-order valence-electron chi connectivity index (χ4n) is 2.31. The van der Waals surface area contributed by atoms with Crippen LogP contribution in [0, 0.1) is 0 Å². The molecule has 0 radical (unpaired) electrons. The Balaban J connectivity index is 1.89. The summed E-state index contributed by atoms with van der Waals surface area (Å²) in [4.78, 5) is 29.4. The fraction of sp³-hybridized carbons (Fsp3) is 0.316. The second-order valence-corrected chi connectivity index (χ2v) is 6.85. The maximum Gasteiger partial charge on any atom is 0.317 e. The highest BCUT2D eigenvalue weighted by molar-refractivity contribution is 8.13. The monoisotopic (exact) mass is 357 g/mol. The Labute approximate surface area is 152 Å². The van der Waals surface area contributed by atoms with Gasteiger partial charge in [0.05, 0.1) is 0 Å². The van der Waals surface area contributed by atoms with E-state index in [1.807, 2.05) is 30.3 Å². The molecule has 0 aliphatic rings. The highest BCUT2D eigenvalue weighted by atomic mass is 32.2. The van der Waals surface area contributed by atoms with Crippen LogP contribution in [0.5, 0.6) is 0 Å². The molecule has 0 aliphatic heterocycles. The van der Waals surface area contributed by atoms with Crippen molar-refractivity contribution >= 4 is 22.9 Å². The van der Waals surface area contributed by atoms with Gasteiger partial charge in [0.15, 0.2) is 5.12 Å². The molecule has 6 heteroatoms. The van der Waals surface area contributed by atoms with Gasteiger partial charge in [0.2, 0.25) is 0 Å². The van der Waals surface area contributed by atoms with E-state index in [4.69, 9.17) is 0 Å². The number of nitrogens with zero attached hydrogens (tertiary/aromatic N) is 2. The van der Waals surface area contributed by atoms with Gasteiger partial charge < -0.3 is 10.2 Å². The number of thioether (sulfide) groups is 1. The molecule has 0 spiro atoms. The minimum absolute atomic E-state index is 0.0696. The molecule has 0 saturated carbocycles. The van der Waals surface area contributed by atoms with Crippen molar-refractivity contribution in [2.24, 2.45) is 0 Å². The maximum absolute atomic E-state index is 12.5. The number of benzene rings is 1. The third-order valence-electron chi connectivity index (χ3n) is 3.66. The van der Waals surface area contributed by atoms with E-state index in [0.717, 1.165) is 12.0 Å². The van der Waals surface area contributed by atoms with Crippen LogP contribution in [-0.4, -0.2) is 39.9 Å². The molecule has 0 saturated heterocycles. The van der Waals surface area contributed by atoms with E-state index < -0.39 is 0 Å². The lowest BCUT2D eigenvalue weighted by molar-refractivity contribution is -0.109. The molecule has 1 aromatic carbocycles. The number of rotatable bonds is 8. The second-order valence-electron chi connectivity index (χ2n) is 5.58. The van der Waals surface area contributed by atoms with Crippen LogP contribution in [0.4, 0.5) is 4.79 Å². The number of pyridine rings is 1. The maximum atomic E-state index is 12.5. The molecule has 0 bridgehead atoms. The van der Waals surface area contributed by atoms with Crippen LogP contribution >= 0.6 is 11.8 Å². The van der Waals surface area contributed by atoms with Gasteiger partial charge in [-0.25, -0.2) is 4.79 Å². The van der Waals surface area contributed by atoms with Gasteiger partial charge in [0, 0.05) is 44.7 Å². The highest BCUT2D eigenvalue weighted by Crippen LogP contribution is 2.06. The first-order valence-electron chi connectivity index (χ1n) is 8.24. The molecule has 2 aromatic rings. The molecule has 2 amide bonds. The standard InChI is InChI=1S/C19H23N3O2S/c1-16(23)25-14-13-22(12-9-17-5-3-2-4-6-17)19(24)21-15-18-7-10-20-11-8-18/h2-8,10-11H,9,12-15H2,1H3,(H,21,24). The zero-order valence-corrected chi connectivity index (χ0v) is 15.2. The molecule has 1 N–H and O–H groups in total. The van der Waals surface area contributed by atoms with Gasteiger partial charge in [-0.05, 0) is 29.7 Å². The topological polar surface area (TPSA) is 62.3 Å². The Morgan fingerprint density at radius 3 is 2.44 bits per heavy atom. The van der Waals surface area contributed by atoms with Crippen LogP contribution in [0.1, 0.15) is 18.1 Å². The van der Waals surface area contributed by atoms with Gasteiger partial charge in [-0.15, -0.1) is 0 Å². The van der Waals surface area contributed by atoms with Crippen molar-refractivity contribution in [3.05, 3.63) is 66.0 Å². The van der Waals surface area contributed by atoms with Crippen molar-refractivity contribution in [2.75, 3.05) is 18.8 Å². The number of hydrogen-bond acceptors (Lipinski definition) is 4. The third kappa shape index (κ3) is 7.39. The molecule has 0 unspecified atom stereocenters. The van der Waals surface area contributed by atoms with Gasteiger partial charge in [-0.3, -0.25) is 9.78 Å². The van der Waals surface area contributed by atoms with E-state index in [2.05, 4.69) is 22.4 Å². The number of urea groups is 1. The summed E-state index contributed by atoms with van der Waals surface area (Å²) >= 11 is 1.24. The number of carbonyl (C=O) groups excluding carboxylic acids is 2. The van der Waals surface area contributed by atoms with Crippen molar-refractivity contribution in [2.45, 2.75) is 19.9 Å². The lowest BCUT2D eigenvalue weighted by atomic mass is 10.1. The molecule has 25 heavy (non-hydrogen) atoms. The highest BCUT2D eigenvalue weighted by Gasteiger charge is 2.13. The Hall–Kier alpha value is -2.34. The summed E-state index contributed by atoms with van der Waals surface area (Å²) in [5, 5.41) is 3.01. The molecule has 1 heterocycles. The van der Waals surface area contributed by atoms with Crippen molar-refractivity contribution in [1.29, 1.82) is 0 Å². The Kier molecular flexibility index (Phi) is 7.98. The fourth-order valence-corrected chi connectivity index (χ4v) is 2.91. The molecule has 0 aliphatic carbocycles. The van der Waals surface area contributed by atoms with Crippen molar-refractivity contribution in [3.8, 4) is 0 Å². The van der Waals surface area contributed by atoms with Crippen LogP contribution < -0.4 is 5.32 Å². The van der Waals surface area contributed by atoms with Crippen LogP contribution in [0.25, 0.3) is 0 Å². The van der Waals surface area contributed by atoms with Gasteiger partial charge in [-0.1, -0.05) is 42.1 Å². The summed E-state index contributed by atoms with van der Waals surface area (Å²) < 4.78 is 0. The minimum atomic E-state index is -0.114. The Bertz CT molecular complexity index is 665. The Morgan fingerprint density at radius 2 is 1.76 bits per heavy atom. The van der Waals surface area contributed by atoms with Crippen LogP contribution in [-0.2, 0) is 17.8 Å². The van der Waals surface area contributed by atoms with Crippen LogP contribution in [0.3, 0.4) is 0 Å². The van der Waals surface area contributed by atoms with E-state index in [0.29, 0.717) is 25.4 Å². The minimum Gasteiger partial charge on any atom is -0.334 e. The number of hydrogen-bond donors (Lipinski definition) is 1. The van der Waals surface area contributed by atoms with E-state index in [1.54, 1.807) is 24.2 Å². The number of amides is 2. The van der Waals surface area contributed by atoms with Crippen molar-refractivity contribution in [1.82, 2.24) is 15.2 Å². The van der Waals surface area contributed by atoms with Gasteiger partial charge in [0.25, 0.3) is 0 Å². The molecule has 5 nitrogen and oxygen atoms in total. The summed E-state index contributed by atoms with van der Waals surface area (Å²) in [6.45, 7) is 3.16. The smallest absolute Gasteiger partial charge is 0.317 e. The van der Waals surface area contributed by atoms with E-state index in [1.165, 1.54) is 17.3 Å². The second kappa shape index (κ2) is 10.5. The van der Waals surface area contributed by atoms with Gasteiger partial charge in [0.1, 0.15) is 0 Å². The van der Waals surface area contributed by atoms with Gasteiger partial charge >= 0.3 is 6.03 Å². The predicted molar refractivity (Wildman–Crippen MR) is 101 cm³/mol. The SMILES string of the molecule is CC(=O)SCCN(CCc1ccccc1)C(=O)NCc1ccncc1. The molecular weight excluding hydrogens is 334 g/mol. The lowest BCUT2D eigenvalue weighted by Gasteiger charge is -2.23. The molecule has 132 valence electrons. The summed E-state index contributed by atoms with van der Waals surface area (Å²) in [7, 11) is 0. The molecule has 0 atom stereocenters. The zero-order valence-electron chi connectivity index (χ0n) is 14.4. The number of aromatic nitrogens is 1.